The maximum atomic E-state index is 12.2. The Morgan fingerprint density at radius 1 is 1.05 bits per heavy atom. The van der Waals surface area contributed by atoms with Gasteiger partial charge in [0, 0.05) is 5.69 Å². The van der Waals surface area contributed by atoms with Gasteiger partial charge >= 0.3 is 0 Å². The Bertz CT molecular complexity index is 710. The highest BCUT2D eigenvalue weighted by molar-refractivity contribution is 7.91. The van der Waals surface area contributed by atoms with Crippen LogP contribution in [-0.2, 0) is 15.8 Å². The molecule has 0 aromatic heterocycles. The number of rotatable bonds is 4. The van der Waals surface area contributed by atoms with E-state index < -0.39 is 10.0 Å². The summed E-state index contributed by atoms with van der Waals surface area (Å²) in [5.41, 5.74) is 9.33. The van der Waals surface area contributed by atoms with Crippen LogP contribution in [0.3, 0.4) is 0 Å². The Labute approximate surface area is 119 Å². The Hall–Kier alpha value is -2.01. The lowest BCUT2D eigenvalue weighted by Crippen LogP contribution is -2.17. The van der Waals surface area contributed by atoms with Gasteiger partial charge in [0.25, 0.3) is 0 Å². The molecule has 2 aromatic carbocycles. The lowest BCUT2D eigenvalue weighted by Gasteiger charge is -2.14. The molecule has 0 saturated carbocycles. The molecule has 0 spiro atoms. The molecular formula is C15H18N2O2S. The second-order valence-electron chi connectivity index (χ2n) is 4.82. The molecule has 0 radical (unpaired) electrons. The third kappa shape index (κ3) is 3.30. The standard InChI is InChI=1S/C15H18N2O2S/c1-11-8-9-14(16)12(2)15(11)17-20(18,19)10-13-6-4-3-5-7-13/h3-9,17H,10,16H2,1-2H3. The van der Waals surface area contributed by atoms with E-state index in [9.17, 15) is 8.42 Å². The molecule has 0 aliphatic carbocycles. The van der Waals surface area contributed by atoms with Crippen LogP contribution in [-0.4, -0.2) is 8.42 Å². The van der Waals surface area contributed by atoms with Crippen LogP contribution < -0.4 is 10.5 Å². The average Bonchev–Trinajstić information content (AvgIpc) is 2.40. The Morgan fingerprint density at radius 3 is 2.35 bits per heavy atom. The topological polar surface area (TPSA) is 72.2 Å². The highest BCUT2D eigenvalue weighted by Crippen LogP contribution is 2.26. The zero-order valence-corrected chi connectivity index (χ0v) is 12.4. The van der Waals surface area contributed by atoms with Gasteiger partial charge in [-0.1, -0.05) is 36.4 Å². The molecule has 4 nitrogen and oxygen atoms in total. The number of nitrogen functional groups attached to an aromatic ring is 1. The van der Waals surface area contributed by atoms with E-state index in [0.717, 1.165) is 16.7 Å². The van der Waals surface area contributed by atoms with Crippen molar-refractivity contribution in [1.82, 2.24) is 0 Å². The minimum Gasteiger partial charge on any atom is -0.398 e. The van der Waals surface area contributed by atoms with E-state index in [4.69, 9.17) is 5.73 Å². The maximum absolute atomic E-state index is 12.2. The van der Waals surface area contributed by atoms with Crippen LogP contribution in [0.1, 0.15) is 16.7 Å². The highest BCUT2D eigenvalue weighted by Gasteiger charge is 2.15. The van der Waals surface area contributed by atoms with Gasteiger partial charge in [-0.25, -0.2) is 8.42 Å². The van der Waals surface area contributed by atoms with E-state index in [-0.39, 0.29) is 5.75 Å². The molecular weight excluding hydrogens is 272 g/mol. The molecule has 20 heavy (non-hydrogen) atoms. The van der Waals surface area contributed by atoms with Crippen LogP contribution in [0, 0.1) is 13.8 Å². The molecule has 0 aliphatic rings. The van der Waals surface area contributed by atoms with Gasteiger partial charge in [-0.15, -0.1) is 0 Å². The Morgan fingerprint density at radius 2 is 1.70 bits per heavy atom. The van der Waals surface area contributed by atoms with Crippen LogP contribution in [0.4, 0.5) is 11.4 Å². The third-order valence-electron chi connectivity index (χ3n) is 3.17. The minimum atomic E-state index is -3.45. The van der Waals surface area contributed by atoms with Crippen LogP contribution in [0.5, 0.6) is 0 Å². The van der Waals surface area contributed by atoms with Crippen LogP contribution in [0.2, 0.25) is 0 Å². The molecule has 0 heterocycles. The largest absolute Gasteiger partial charge is 0.398 e. The maximum Gasteiger partial charge on any atom is 0.236 e. The number of nitrogens with one attached hydrogen (secondary N) is 1. The van der Waals surface area contributed by atoms with Gasteiger partial charge < -0.3 is 5.73 Å². The first-order valence-corrected chi connectivity index (χ1v) is 7.94. The van der Waals surface area contributed by atoms with Crippen molar-refractivity contribution in [2.24, 2.45) is 0 Å². The van der Waals surface area contributed by atoms with E-state index in [1.165, 1.54) is 0 Å². The SMILES string of the molecule is Cc1ccc(N)c(C)c1NS(=O)(=O)Cc1ccccc1. The fourth-order valence-corrected chi connectivity index (χ4v) is 3.33. The first kappa shape index (κ1) is 14.4. The summed E-state index contributed by atoms with van der Waals surface area (Å²) in [6, 6.07) is 12.7. The molecule has 5 heteroatoms. The monoisotopic (exact) mass is 290 g/mol. The number of aryl methyl sites for hydroxylation is 1. The third-order valence-corrected chi connectivity index (χ3v) is 4.40. The van der Waals surface area contributed by atoms with E-state index >= 15 is 0 Å². The van der Waals surface area contributed by atoms with Crippen LogP contribution in [0.25, 0.3) is 0 Å². The second-order valence-corrected chi connectivity index (χ2v) is 6.54. The van der Waals surface area contributed by atoms with Crippen molar-refractivity contribution in [3.63, 3.8) is 0 Å². The number of anilines is 2. The summed E-state index contributed by atoms with van der Waals surface area (Å²) in [5.74, 6) is -0.0540. The molecule has 0 saturated heterocycles. The van der Waals surface area contributed by atoms with Crippen molar-refractivity contribution in [2.75, 3.05) is 10.5 Å². The smallest absolute Gasteiger partial charge is 0.236 e. The first-order valence-electron chi connectivity index (χ1n) is 6.29. The molecule has 0 fully saturated rings. The van der Waals surface area contributed by atoms with Crippen molar-refractivity contribution in [1.29, 1.82) is 0 Å². The van der Waals surface area contributed by atoms with Crippen molar-refractivity contribution in [3.8, 4) is 0 Å². The van der Waals surface area contributed by atoms with Crippen LogP contribution in [0.15, 0.2) is 42.5 Å². The molecule has 3 N–H and O–H groups in total. The minimum absolute atomic E-state index is 0.0540. The zero-order valence-electron chi connectivity index (χ0n) is 11.6. The normalized spacial score (nSPS) is 11.3. The summed E-state index contributed by atoms with van der Waals surface area (Å²) in [6.07, 6.45) is 0. The number of hydrogen-bond acceptors (Lipinski definition) is 3. The summed E-state index contributed by atoms with van der Waals surface area (Å²) < 4.78 is 27.1. The van der Waals surface area contributed by atoms with Crippen molar-refractivity contribution in [3.05, 3.63) is 59.2 Å². The number of hydrogen-bond donors (Lipinski definition) is 2. The zero-order chi connectivity index (χ0) is 14.8. The summed E-state index contributed by atoms with van der Waals surface area (Å²) in [6.45, 7) is 3.66. The van der Waals surface area contributed by atoms with Crippen LogP contribution >= 0.6 is 0 Å². The molecule has 0 bridgehead atoms. The first-order chi connectivity index (χ1) is 9.39. The average molecular weight is 290 g/mol. The molecule has 0 atom stereocenters. The van der Waals surface area contributed by atoms with Gasteiger partial charge in [0.15, 0.2) is 0 Å². The molecule has 2 rings (SSSR count). The molecule has 0 aliphatic heterocycles. The molecule has 0 unspecified atom stereocenters. The van der Waals surface area contributed by atoms with E-state index in [2.05, 4.69) is 4.72 Å². The van der Waals surface area contributed by atoms with Gasteiger partial charge in [0.1, 0.15) is 0 Å². The second kappa shape index (κ2) is 5.54. The number of sulfonamides is 1. The summed E-state index contributed by atoms with van der Waals surface area (Å²) in [7, 11) is -3.45. The molecule has 0 amide bonds. The Kier molecular flexibility index (Phi) is 3.99. The molecule has 2 aromatic rings. The molecule has 106 valence electrons. The van der Waals surface area contributed by atoms with Crippen molar-refractivity contribution < 1.29 is 8.42 Å². The predicted octanol–water partition coefficient (Wildman–Crippen LogP) is 2.83. The van der Waals surface area contributed by atoms with E-state index in [1.807, 2.05) is 38.1 Å². The van der Waals surface area contributed by atoms with Crippen molar-refractivity contribution in [2.45, 2.75) is 19.6 Å². The van der Waals surface area contributed by atoms with Gasteiger partial charge in [-0.3, -0.25) is 4.72 Å². The lowest BCUT2D eigenvalue weighted by molar-refractivity contribution is 0.600. The highest BCUT2D eigenvalue weighted by atomic mass is 32.2. The van der Waals surface area contributed by atoms with Gasteiger partial charge in [0.05, 0.1) is 11.4 Å². The van der Waals surface area contributed by atoms with Crippen molar-refractivity contribution >= 4 is 21.4 Å². The van der Waals surface area contributed by atoms with E-state index in [1.54, 1.807) is 18.2 Å². The van der Waals surface area contributed by atoms with Gasteiger partial charge in [-0.05, 0) is 36.6 Å². The number of nitrogens with two attached hydrogens (primary N) is 1. The summed E-state index contributed by atoms with van der Waals surface area (Å²) in [4.78, 5) is 0. The fraction of sp³-hybridized carbons (Fsp3) is 0.200. The number of benzene rings is 2. The van der Waals surface area contributed by atoms with Gasteiger partial charge in [-0.2, -0.15) is 0 Å². The summed E-state index contributed by atoms with van der Waals surface area (Å²) in [5, 5.41) is 0. The predicted molar refractivity (Wildman–Crippen MR) is 83.0 cm³/mol. The fourth-order valence-electron chi connectivity index (χ4n) is 2.01. The van der Waals surface area contributed by atoms with E-state index in [0.29, 0.717) is 11.4 Å². The lowest BCUT2D eigenvalue weighted by atomic mass is 10.1. The quantitative estimate of drug-likeness (QED) is 0.850. The summed E-state index contributed by atoms with van der Waals surface area (Å²) >= 11 is 0. The van der Waals surface area contributed by atoms with Gasteiger partial charge in [0.2, 0.25) is 10.0 Å². The Balaban J connectivity index is 2.28.